The second kappa shape index (κ2) is 3.83. The zero-order valence-corrected chi connectivity index (χ0v) is 8.02. The van der Waals surface area contributed by atoms with Gasteiger partial charge >= 0.3 is 0 Å². The summed E-state index contributed by atoms with van der Waals surface area (Å²) in [5, 5.41) is 0. The van der Waals surface area contributed by atoms with Crippen LogP contribution in [0.2, 0.25) is 0 Å². The van der Waals surface area contributed by atoms with Gasteiger partial charge < -0.3 is 4.55 Å². The molecule has 0 radical (unpaired) electrons. The van der Waals surface area contributed by atoms with Gasteiger partial charge in [0.15, 0.2) is 11.1 Å². The van der Waals surface area contributed by atoms with Gasteiger partial charge in [0, 0.05) is 0 Å². The molecule has 2 nitrogen and oxygen atoms in total. The lowest BCUT2D eigenvalue weighted by Gasteiger charge is -2.01. The highest BCUT2D eigenvalue weighted by Gasteiger charge is 1.98. The van der Waals surface area contributed by atoms with Gasteiger partial charge in [-0.2, -0.15) is 0 Å². The van der Waals surface area contributed by atoms with Gasteiger partial charge in [0.1, 0.15) is 0 Å². The first kappa shape index (κ1) is 9.42. The van der Waals surface area contributed by atoms with Gasteiger partial charge in [-0.1, -0.05) is 29.3 Å². The predicted molar refractivity (Wildman–Crippen MR) is 50.4 cm³/mol. The SMILES string of the molecule is Cc1cc(C)cc(CS(=O)O)c1. The van der Waals surface area contributed by atoms with E-state index in [1.165, 1.54) is 0 Å². The Kier molecular flexibility index (Phi) is 3.00. The molecule has 0 fully saturated rings. The number of rotatable bonds is 2. The third-order valence-electron chi connectivity index (χ3n) is 1.57. The maximum Gasteiger partial charge on any atom is 0.157 e. The summed E-state index contributed by atoms with van der Waals surface area (Å²) in [6.45, 7) is 3.97. The minimum Gasteiger partial charge on any atom is -0.306 e. The normalized spacial score (nSPS) is 12.9. The summed E-state index contributed by atoms with van der Waals surface area (Å²) in [6.07, 6.45) is 0. The van der Waals surface area contributed by atoms with Gasteiger partial charge in [-0.3, -0.25) is 0 Å². The van der Waals surface area contributed by atoms with Gasteiger partial charge in [-0.15, -0.1) is 0 Å². The molecule has 1 aromatic rings. The molecule has 3 heteroatoms. The third kappa shape index (κ3) is 2.75. The van der Waals surface area contributed by atoms with Crippen LogP contribution in [0.5, 0.6) is 0 Å². The van der Waals surface area contributed by atoms with Crippen LogP contribution in [0, 0.1) is 13.8 Å². The lowest BCUT2D eigenvalue weighted by atomic mass is 10.1. The van der Waals surface area contributed by atoms with Crippen LogP contribution in [0.15, 0.2) is 18.2 Å². The maximum atomic E-state index is 10.5. The van der Waals surface area contributed by atoms with E-state index in [4.69, 9.17) is 4.55 Å². The Labute approximate surface area is 74.9 Å². The molecule has 0 aliphatic heterocycles. The molecule has 1 atom stereocenters. The Morgan fingerprint density at radius 3 is 2.17 bits per heavy atom. The number of hydrogen-bond acceptors (Lipinski definition) is 1. The van der Waals surface area contributed by atoms with Crippen LogP contribution >= 0.6 is 0 Å². The van der Waals surface area contributed by atoms with Crippen molar-refractivity contribution < 1.29 is 8.76 Å². The van der Waals surface area contributed by atoms with Crippen molar-refractivity contribution in [2.75, 3.05) is 0 Å². The molecule has 1 N–H and O–H groups in total. The first-order chi connectivity index (χ1) is 5.58. The summed E-state index contributed by atoms with van der Waals surface area (Å²) in [4.78, 5) is 0. The van der Waals surface area contributed by atoms with Crippen molar-refractivity contribution in [3.63, 3.8) is 0 Å². The largest absolute Gasteiger partial charge is 0.306 e. The van der Waals surface area contributed by atoms with Gasteiger partial charge in [-0.25, -0.2) is 4.21 Å². The van der Waals surface area contributed by atoms with Crippen LogP contribution in [-0.4, -0.2) is 8.76 Å². The highest BCUT2D eigenvalue weighted by Crippen LogP contribution is 2.09. The van der Waals surface area contributed by atoms with Gasteiger partial charge in [0.2, 0.25) is 0 Å². The summed E-state index contributed by atoms with van der Waals surface area (Å²) in [6, 6.07) is 5.91. The van der Waals surface area contributed by atoms with Crippen LogP contribution in [0.1, 0.15) is 16.7 Å². The van der Waals surface area contributed by atoms with Crippen molar-refractivity contribution in [2.24, 2.45) is 0 Å². The number of aryl methyl sites for hydroxylation is 2. The van der Waals surface area contributed by atoms with E-state index in [1.54, 1.807) is 0 Å². The zero-order chi connectivity index (χ0) is 9.14. The Bertz CT molecular complexity index is 287. The van der Waals surface area contributed by atoms with Crippen LogP contribution < -0.4 is 0 Å². The Balaban J connectivity index is 2.93. The van der Waals surface area contributed by atoms with E-state index in [1.807, 2.05) is 32.0 Å². The lowest BCUT2D eigenvalue weighted by molar-refractivity contribution is 0.563. The zero-order valence-electron chi connectivity index (χ0n) is 7.20. The molecule has 0 saturated heterocycles. The Morgan fingerprint density at radius 2 is 1.75 bits per heavy atom. The van der Waals surface area contributed by atoms with E-state index in [9.17, 15) is 4.21 Å². The van der Waals surface area contributed by atoms with E-state index in [-0.39, 0.29) is 5.75 Å². The first-order valence-corrected chi connectivity index (χ1v) is 5.00. The molecule has 12 heavy (non-hydrogen) atoms. The molecular weight excluding hydrogens is 172 g/mol. The second-order valence-electron chi connectivity index (χ2n) is 2.96. The van der Waals surface area contributed by atoms with Gasteiger partial charge in [-0.05, 0) is 19.4 Å². The Morgan fingerprint density at radius 1 is 1.25 bits per heavy atom. The molecule has 1 rings (SSSR count). The van der Waals surface area contributed by atoms with E-state index >= 15 is 0 Å². The maximum absolute atomic E-state index is 10.5. The smallest absolute Gasteiger partial charge is 0.157 e. The highest BCUT2D eigenvalue weighted by atomic mass is 32.2. The van der Waals surface area contributed by atoms with Gasteiger partial charge in [0.25, 0.3) is 0 Å². The fourth-order valence-corrected chi connectivity index (χ4v) is 1.75. The standard InChI is InChI=1S/C9H12O2S/c1-7-3-8(2)5-9(4-7)6-12(10)11/h3-5H,6H2,1-2H3,(H,10,11). The summed E-state index contributed by atoms with van der Waals surface area (Å²) in [5.74, 6) is 0.225. The summed E-state index contributed by atoms with van der Waals surface area (Å²) >= 11 is -1.73. The monoisotopic (exact) mass is 184 g/mol. The number of hydrogen-bond donors (Lipinski definition) is 1. The molecule has 1 unspecified atom stereocenters. The average molecular weight is 184 g/mol. The Hall–Kier alpha value is -0.670. The third-order valence-corrected chi connectivity index (χ3v) is 2.15. The molecule has 0 aromatic heterocycles. The van der Waals surface area contributed by atoms with Crippen LogP contribution in [0.25, 0.3) is 0 Å². The average Bonchev–Trinajstić information content (AvgIpc) is 1.81. The summed E-state index contributed by atoms with van der Waals surface area (Å²) in [7, 11) is 0. The van der Waals surface area contributed by atoms with E-state index in [0.717, 1.165) is 16.7 Å². The molecule has 0 aliphatic rings. The molecule has 66 valence electrons. The summed E-state index contributed by atoms with van der Waals surface area (Å²) < 4.78 is 19.2. The number of benzene rings is 1. The molecular formula is C9H12O2S. The highest BCUT2D eigenvalue weighted by molar-refractivity contribution is 7.78. The molecule has 1 aromatic carbocycles. The fraction of sp³-hybridized carbons (Fsp3) is 0.333. The summed E-state index contributed by atoms with van der Waals surface area (Å²) in [5.41, 5.74) is 3.19. The second-order valence-corrected chi connectivity index (χ2v) is 3.89. The minimum atomic E-state index is -1.73. The molecule has 0 heterocycles. The van der Waals surface area contributed by atoms with Crippen LogP contribution in [0.3, 0.4) is 0 Å². The van der Waals surface area contributed by atoms with Crippen molar-refractivity contribution >= 4 is 11.1 Å². The fourth-order valence-electron chi connectivity index (χ4n) is 1.29. The van der Waals surface area contributed by atoms with E-state index < -0.39 is 11.1 Å². The topological polar surface area (TPSA) is 37.3 Å². The molecule has 0 saturated carbocycles. The van der Waals surface area contributed by atoms with Crippen molar-refractivity contribution in [1.82, 2.24) is 0 Å². The minimum absolute atomic E-state index is 0.225. The van der Waals surface area contributed by atoms with E-state index in [0.29, 0.717) is 0 Å². The molecule has 0 spiro atoms. The quantitative estimate of drug-likeness (QED) is 0.714. The van der Waals surface area contributed by atoms with Crippen molar-refractivity contribution in [2.45, 2.75) is 19.6 Å². The van der Waals surface area contributed by atoms with Gasteiger partial charge in [0.05, 0.1) is 5.75 Å². The molecule has 0 aliphatic carbocycles. The lowest BCUT2D eigenvalue weighted by Crippen LogP contribution is -1.94. The van der Waals surface area contributed by atoms with Crippen molar-refractivity contribution in [3.8, 4) is 0 Å². The van der Waals surface area contributed by atoms with E-state index in [2.05, 4.69) is 0 Å². The predicted octanol–water partition coefficient (Wildman–Crippen LogP) is 2.03. The first-order valence-electron chi connectivity index (χ1n) is 3.72. The van der Waals surface area contributed by atoms with Crippen LogP contribution in [0.4, 0.5) is 0 Å². The van der Waals surface area contributed by atoms with Crippen molar-refractivity contribution in [3.05, 3.63) is 34.9 Å². The van der Waals surface area contributed by atoms with Crippen LogP contribution in [-0.2, 0) is 16.8 Å². The molecule has 0 bridgehead atoms. The van der Waals surface area contributed by atoms with Crippen molar-refractivity contribution in [1.29, 1.82) is 0 Å². The molecule has 0 amide bonds.